The topological polar surface area (TPSA) is 73.4 Å². The molecule has 0 aliphatic carbocycles. The van der Waals surface area contributed by atoms with Gasteiger partial charge < -0.3 is 19.2 Å². The van der Waals surface area contributed by atoms with E-state index in [9.17, 15) is 4.79 Å². The van der Waals surface area contributed by atoms with Crippen LogP contribution in [0.3, 0.4) is 0 Å². The van der Waals surface area contributed by atoms with Gasteiger partial charge in [0.05, 0.1) is 36.8 Å². The number of ether oxygens (including phenoxy) is 3. The van der Waals surface area contributed by atoms with Gasteiger partial charge in [0, 0.05) is 6.07 Å². The standard InChI is InChI=1S/C26H31ClN2O4/c1-4-5-6-7-8-9-14-33-19-12-10-18(11-13-19)15-21(27)25-28-22-17-24(32-3)23(31-2)16-20(22)26(30)29-25/h10-13,15-17H,4-9,14H2,1-3H3,(H,28,29,30)/b21-15-. The molecule has 0 bridgehead atoms. The molecule has 0 atom stereocenters. The van der Waals surface area contributed by atoms with Crippen molar-refractivity contribution in [1.29, 1.82) is 0 Å². The average molecular weight is 471 g/mol. The van der Waals surface area contributed by atoms with Crippen LogP contribution < -0.4 is 19.8 Å². The van der Waals surface area contributed by atoms with Crippen molar-refractivity contribution in [3.05, 3.63) is 58.1 Å². The Balaban J connectivity index is 1.68. The lowest BCUT2D eigenvalue weighted by Crippen LogP contribution is -2.11. The van der Waals surface area contributed by atoms with Gasteiger partial charge in [-0.15, -0.1) is 0 Å². The molecule has 1 heterocycles. The molecular weight excluding hydrogens is 440 g/mol. The van der Waals surface area contributed by atoms with Crippen LogP contribution in [0.15, 0.2) is 41.2 Å². The Hall–Kier alpha value is -2.99. The molecule has 7 heteroatoms. The Labute approximate surface area is 199 Å². The van der Waals surface area contributed by atoms with E-state index in [1.807, 2.05) is 24.3 Å². The van der Waals surface area contributed by atoms with Crippen LogP contribution >= 0.6 is 11.6 Å². The summed E-state index contributed by atoms with van der Waals surface area (Å²) in [6.07, 6.45) is 9.16. The Morgan fingerprint density at radius 3 is 2.36 bits per heavy atom. The summed E-state index contributed by atoms with van der Waals surface area (Å²) in [5.41, 5.74) is 1.04. The molecule has 33 heavy (non-hydrogen) atoms. The predicted octanol–water partition coefficient (Wildman–Crippen LogP) is 6.42. The van der Waals surface area contributed by atoms with Gasteiger partial charge >= 0.3 is 0 Å². The van der Waals surface area contributed by atoms with E-state index in [-0.39, 0.29) is 11.4 Å². The fraction of sp³-hybridized carbons (Fsp3) is 0.385. The van der Waals surface area contributed by atoms with Gasteiger partial charge in [-0.05, 0) is 36.3 Å². The molecule has 0 aliphatic rings. The fourth-order valence-corrected chi connectivity index (χ4v) is 3.74. The second kappa shape index (κ2) is 12.3. The number of hydrogen-bond acceptors (Lipinski definition) is 5. The number of methoxy groups -OCH3 is 2. The Morgan fingerprint density at radius 1 is 1.00 bits per heavy atom. The van der Waals surface area contributed by atoms with E-state index in [0.717, 1.165) is 24.3 Å². The van der Waals surface area contributed by atoms with Crippen molar-refractivity contribution < 1.29 is 14.2 Å². The molecule has 0 saturated carbocycles. The normalized spacial score (nSPS) is 11.6. The van der Waals surface area contributed by atoms with Gasteiger partial charge in [0.1, 0.15) is 5.75 Å². The summed E-state index contributed by atoms with van der Waals surface area (Å²) in [4.78, 5) is 19.8. The summed E-state index contributed by atoms with van der Waals surface area (Å²) < 4.78 is 16.4. The fourth-order valence-electron chi connectivity index (χ4n) is 3.53. The molecule has 0 radical (unpaired) electrons. The number of H-pyrrole nitrogens is 1. The molecule has 0 unspecified atom stereocenters. The SMILES string of the molecule is CCCCCCCCOc1ccc(/C=C(\Cl)c2nc3cc(OC)c(OC)cc3c(=O)[nH]2)cc1. The molecule has 0 fully saturated rings. The van der Waals surface area contributed by atoms with Gasteiger partial charge in [0.15, 0.2) is 17.3 Å². The Kier molecular flexibility index (Phi) is 9.19. The summed E-state index contributed by atoms with van der Waals surface area (Å²) in [5.74, 6) is 2.07. The van der Waals surface area contributed by atoms with Crippen molar-refractivity contribution in [2.24, 2.45) is 0 Å². The van der Waals surface area contributed by atoms with Gasteiger partial charge in [-0.3, -0.25) is 4.79 Å². The quantitative estimate of drug-likeness (QED) is 0.309. The third kappa shape index (κ3) is 6.75. The Bertz CT molecular complexity index is 1140. The number of halogens is 1. The van der Waals surface area contributed by atoms with Crippen molar-refractivity contribution in [2.75, 3.05) is 20.8 Å². The van der Waals surface area contributed by atoms with Gasteiger partial charge in [-0.2, -0.15) is 0 Å². The first-order valence-electron chi connectivity index (χ1n) is 11.3. The zero-order valence-electron chi connectivity index (χ0n) is 19.4. The number of rotatable bonds is 12. The van der Waals surface area contributed by atoms with Gasteiger partial charge in [-0.1, -0.05) is 62.8 Å². The molecule has 6 nitrogen and oxygen atoms in total. The molecule has 0 amide bonds. The van der Waals surface area contributed by atoms with Crippen molar-refractivity contribution in [1.82, 2.24) is 9.97 Å². The lowest BCUT2D eigenvalue weighted by molar-refractivity contribution is 0.304. The van der Waals surface area contributed by atoms with Crippen molar-refractivity contribution in [3.63, 3.8) is 0 Å². The average Bonchev–Trinajstić information content (AvgIpc) is 2.83. The van der Waals surface area contributed by atoms with Crippen LogP contribution in [0.25, 0.3) is 22.0 Å². The second-order valence-electron chi connectivity index (χ2n) is 7.82. The molecule has 1 aromatic heterocycles. The minimum atomic E-state index is -0.305. The predicted molar refractivity (Wildman–Crippen MR) is 135 cm³/mol. The van der Waals surface area contributed by atoms with Crippen LogP contribution in [0.1, 0.15) is 56.8 Å². The van der Waals surface area contributed by atoms with Crippen molar-refractivity contribution in [2.45, 2.75) is 45.4 Å². The zero-order valence-corrected chi connectivity index (χ0v) is 20.2. The second-order valence-corrected chi connectivity index (χ2v) is 8.22. The van der Waals surface area contributed by atoms with Crippen LogP contribution in [-0.4, -0.2) is 30.8 Å². The Morgan fingerprint density at radius 2 is 1.67 bits per heavy atom. The molecule has 3 aromatic rings. The van der Waals surface area contributed by atoms with E-state index in [1.54, 1.807) is 18.2 Å². The highest BCUT2D eigenvalue weighted by atomic mass is 35.5. The third-order valence-electron chi connectivity index (χ3n) is 5.38. The number of fused-ring (bicyclic) bond motifs is 1. The molecule has 2 aromatic carbocycles. The zero-order chi connectivity index (χ0) is 23.6. The van der Waals surface area contributed by atoms with E-state index in [4.69, 9.17) is 25.8 Å². The van der Waals surface area contributed by atoms with Crippen molar-refractivity contribution in [3.8, 4) is 17.2 Å². The summed E-state index contributed by atoms with van der Waals surface area (Å²) in [7, 11) is 3.05. The van der Waals surface area contributed by atoms with E-state index in [0.29, 0.717) is 27.4 Å². The van der Waals surface area contributed by atoms with E-state index in [1.165, 1.54) is 46.3 Å². The summed E-state index contributed by atoms with van der Waals surface area (Å²) >= 11 is 6.48. The number of unbranched alkanes of at least 4 members (excludes halogenated alkanes) is 5. The lowest BCUT2D eigenvalue weighted by atomic mass is 10.1. The van der Waals surface area contributed by atoms with Crippen LogP contribution in [0.2, 0.25) is 0 Å². The number of aromatic nitrogens is 2. The lowest BCUT2D eigenvalue weighted by Gasteiger charge is -2.09. The highest BCUT2D eigenvalue weighted by Gasteiger charge is 2.12. The first-order valence-corrected chi connectivity index (χ1v) is 11.7. The molecule has 1 N–H and O–H groups in total. The molecule has 3 rings (SSSR count). The number of nitrogens with one attached hydrogen (secondary N) is 1. The van der Waals surface area contributed by atoms with E-state index >= 15 is 0 Å². The van der Waals surface area contributed by atoms with E-state index in [2.05, 4.69) is 16.9 Å². The highest BCUT2D eigenvalue weighted by Crippen LogP contribution is 2.30. The number of hydrogen-bond donors (Lipinski definition) is 1. The summed E-state index contributed by atoms with van der Waals surface area (Å²) in [6, 6.07) is 10.9. The first kappa shape index (κ1) is 24.6. The summed E-state index contributed by atoms with van der Waals surface area (Å²) in [6.45, 7) is 2.94. The van der Waals surface area contributed by atoms with Gasteiger partial charge in [0.25, 0.3) is 5.56 Å². The number of benzene rings is 2. The number of nitrogens with zero attached hydrogens (tertiary/aromatic N) is 1. The summed E-state index contributed by atoms with van der Waals surface area (Å²) in [5, 5.41) is 0.720. The third-order valence-corrected chi connectivity index (χ3v) is 5.67. The van der Waals surface area contributed by atoms with Crippen LogP contribution in [0.4, 0.5) is 0 Å². The number of aromatic amines is 1. The van der Waals surface area contributed by atoms with Crippen LogP contribution in [-0.2, 0) is 0 Å². The molecule has 176 valence electrons. The maximum absolute atomic E-state index is 12.6. The molecular formula is C26H31ClN2O4. The molecule has 0 aliphatic heterocycles. The monoisotopic (exact) mass is 470 g/mol. The van der Waals surface area contributed by atoms with Crippen LogP contribution in [0, 0.1) is 0 Å². The first-order chi connectivity index (χ1) is 16.0. The van der Waals surface area contributed by atoms with E-state index < -0.39 is 0 Å². The highest BCUT2D eigenvalue weighted by molar-refractivity contribution is 6.50. The van der Waals surface area contributed by atoms with Crippen molar-refractivity contribution >= 4 is 33.6 Å². The largest absolute Gasteiger partial charge is 0.494 e. The van der Waals surface area contributed by atoms with Gasteiger partial charge in [-0.25, -0.2) is 4.98 Å². The molecule has 0 spiro atoms. The maximum atomic E-state index is 12.6. The smallest absolute Gasteiger partial charge is 0.259 e. The minimum absolute atomic E-state index is 0.282. The molecule has 0 saturated heterocycles. The van der Waals surface area contributed by atoms with Crippen LogP contribution in [0.5, 0.6) is 17.2 Å². The maximum Gasteiger partial charge on any atom is 0.259 e. The minimum Gasteiger partial charge on any atom is -0.494 e. The van der Waals surface area contributed by atoms with Gasteiger partial charge in [0.2, 0.25) is 0 Å².